The topological polar surface area (TPSA) is 37.4 Å². The number of ketones is 1. The molecule has 0 saturated carbocycles. The van der Waals surface area contributed by atoms with Crippen LogP contribution in [-0.4, -0.2) is 23.1 Å². The molecule has 17 heavy (non-hydrogen) atoms. The minimum atomic E-state index is -0.175. The number of hydrogen-bond acceptors (Lipinski definition) is 2. The number of fused-ring (bicyclic) bond motifs is 1. The molecule has 1 aliphatic rings. The van der Waals surface area contributed by atoms with Crippen molar-refractivity contribution < 1.29 is 9.59 Å². The monoisotopic (exact) mass is 295 g/mol. The molecule has 1 heterocycles. The fraction of sp³-hybridized carbons (Fsp3) is 0.385. The summed E-state index contributed by atoms with van der Waals surface area (Å²) in [6.45, 7) is 4.10. The first kappa shape index (κ1) is 12.3. The standard InChI is InChI=1S/C13H14BrNO2/c1-8(14)13(17)11-3-4-12-10(7-11)5-6-15(12)9(2)16/h3-4,7-8H,5-6H2,1-2H3/t8-/m0/s1. The molecule has 0 bridgehead atoms. The summed E-state index contributed by atoms with van der Waals surface area (Å²) in [4.78, 5) is 24.8. The molecule has 1 atom stereocenters. The summed E-state index contributed by atoms with van der Waals surface area (Å²) < 4.78 is 0. The van der Waals surface area contributed by atoms with Gasteiger partial charge in [-0.1, -0.05) is 15.9 Å². The van der Waals surface area contributed by atoms with Gasteiger partial charge in [0.1, 0.15) is 0 Å². The predicted octanol–water partition coefficient (Wildman–Crippen LogP) is 2.56. The van der Waals surface area contributed by atoms with Crippen molar-refractivity contribution in [3.05, 3.63) is 29.3 Å². The number of amides is 1. The number of nitrogens with zero attached hydrogens (tertiary/aromatic N) is 1. The summed E-state index contributed by atoms with van der Waals surface area (Å²) in [7, 11) is 0. The van der Waals surface area contributed by atoms with Gasteiger partial charge in [0.15, 0.2) is 5.78 Å². The van der Waals surface area contributed by atoms with Crippen molar-refractivity contribution in [1.29, 1.82) is 0 Å². The molecule has 0 saturated heterocycles. The summed E-state index contributed by atoms with van der Waals surface area (Å²) in [6, 6.07) is 5.56. The molecule has 1 aliphatic heterocycles. The Labute approximate surface area is 109 Å². The zero-order valence-corrected chi connectivity index (χ0v) is 11.5. The molecule has 0 radical (unpaired) electrons. The Morgan fingerprint density at radius 2 is 2.12 bits per heavy atom. The Balaban J connectivity index is 2.35. The van der Waals surface area contributed by atoms with Gasteiger partial charge >= 0.3 is 0 Å². The van der Waals surface area contributed by atoms with E-state index in [1.54, 1.807) is 17.9 Å². The normalized spacial score (nSPS) is 15.6. The van der Waals surface area contributed by atoms with E-state index in [1.807, 2.05) is 19.1 Å². The van der Waals surface area contributed by atoms with Crippen LogP contribution >= 0.6 is 15.9 Å². The highest BCUT2D eigenvalue weighted by Gasteiger charge is 2.23. The molecule has 1 aromatic carbocycles. The van der Waals surface area contributed by atoms with Crippen LogP contribution in [0.2, 0.25) is 0 Å². The number of alkyl halides is 1. The van der Waals surface area contributed by atoms with Gasteiger partial charge < -0.3 is 4.90 Å². The summed E-state index contributed by atoms with van der Waals surface area (Å²) in [6.07, 6.45) is 0.826. The second-order valence-corrected chi connectivity index (χ2v) is 5.62. The maximum atomic E-state index is 11.8. The van der Waals surface area contributed by atoms with Gasteiger partial charge in [-0.05, 0) is 37.1 Å². The number of carbonyl (C=O) groups excluding carboxylic acids is 2. The Morgan fingerprint density at radius 3 is 2.71 bits per heavy atom. The van der Waals surface area contributed by atoms with Crippen LogP contribution in [0.25, 0.3) is 0 Å². The third-order valence-corrected chi connectivity index (χ3v) is 3.42. The van der Waals surface area contributed by atoms with Crippen molar-refractivity contribution in [2.24, 2.45) is 0 Å². The first-order valence-electron chi connectivity index (χ1n) is 5.60. The van der Waals surface area contributed by atoms with Crippen molar-refractivity contribution in [3.63, 3.8) is 0 Å². The van der Waals surface area contributed by atoms with Gasteiger partial charge in [-0.3, -0.25) is 9.59 Å². The fourth-order valence-electron chi connectivity index (χ4n) is 2.11. The predicted molar refractivity (Wildman–Crippen MR) is 70.9 cm³/mol. The maximum absolute atomic E-state index is 11.8. The fourth-order valence-corrected chi connectivity index (χ4v) is 2.38. The molecule has 2 rings (SSSR count). The van der Waals surface area contributed by atoms with Crippen LogP contribution in [0.15, 0.2) is 18.2 Å². The first-order chi connectivity index (χ1) is 8.00. The molecular weight excluding hydrogens is 282 g/mol. The molecule has 0 N–H and O–H groups in total. The highest BCUT2D eigenvalue weighted by Crippen LogP contribution is 2.29. The van der Waals surface area contributed by atoms with Crippen molar-refractivity contribution in [2.75, 3.05) is 11.4 Å². The number of halogens is 1. The van der Waals surface area contributed by atoms with E-state index in [4.69, 9.17) is 0 Å². The number of hydrogen-bond donors (Lipinski definition) is 0. The van der Waals surface area contributed by atoms with Gasteiger partial charge in [0, 0.05) is 24.7 Å². The lowest BCUT2D eigenvalue weighted by Gasteiger charge is -2.14. The van der Waals surface area contributed by atoms with Crippen molar-refractivity contribution in [2.45, 2.75) is 25.1 Å². The maximum Gasteiger partial charge on any atom is 0.223 e. The largest absolute Gasteiger partial charge is 0.312 e. The van der Waals surface area contributed by atoms with Gasteiger partial charge in [0.05, 0.1) is 4.83 Å². The van der Waals surface area contributed by atoms with Crippen LogP contribution < -0.4 is 4.90 Å². The van der Waals surface area contributed by atoms with Gasteiger partial charge in [0.25, 0.3) is 0 Å². The summed E-state index contributed by atoms with van der Waals surface area (Å²) in [5.41, 5.74) is 2.73. The van der Waals surface area contributed by atoms with Crippen molar-refractivity contribution in [1.82, 2.24) is 0 Å². The first-order valence-corrected chi connectivity index (χ1v) is 6.51. The van der Waals surface area contributed by atoms with Crippen molar-refractivity contribution in [3.8, 4) is 0 Å². The van der Waals surface area contributed by atoms with E-state index < -0.39 is 0 Å². The highest BCUT2D eigenvalue weighted by molar-refractivity contribution is 9.10. The van der Waals surface area contributed by atoms with E-state index in [9.17, 15) is 9.59 Å². The third kappa shape index (κ3) is 2.27. The Morgan fingerprint density at radius 1 is 1.41 bits per heavy atom. The van der Waals surface area contributed by atoms with E-state index in [0.29, 0.717) is 12.1 Å². The minimum Gasteiger partial charge on any atom is -0.312 e. The molecule has 0 aliphatic carbocycles. The van der Waals surface area contributed by atoms with Crippen LogP contribution in [-0.2, 0) is 11.2 Å². The van der Waals surface area contributed by atoms with E-state index in [0.717, 1.165) is 17.7 Å². The van der Waals surface area contributed by atoms with Gasteiger partial charge in [0.2, 0.25) is 5.91 Å². The van der Waals surface area contributed by atoms with Gasteiger partial charge in [-0.2, -0.15) is 0 Å². The quantitative estimate of drug-likeness (QED) is 0.621. The lowest BCUT2D eigenvalue weighted by Crippen LogP contribution is -2.25. The van der Waals surface area contributed by atoms with E-state index >= 15 is 0 Å². The van der Waals surface area contributed by atoms with Crippen LogP contribution in [0.1, 0.15) is 29.8 Å². The Kier molecular flexibility index (Phi) is 3.33. The number of anilines is 1. The van der Waals surface area contributed by atoms with Gasteiger partial charge in [-0.25, -0.2) is 0 Å². The van der Waals surface area contributed by atoms with Crippen LogP contribution in [0.3, 0.4) is 0 Å². The van der Waals surface area contributed by atoms with Crippen LogP contribution in [0.4, 0.5) is 5.69 Å². The average molecular weight is 296 g/mol. The summed E-state index contributed by atoms with van der Waals surface area (Å²) in [5, 5.41) is 0. The minimum absolute atomic E-state index is 0.0525. The molecule has 1 aromatic rings. The molecule has 90 valence electrons. The number of benzene rings is 1. The molecule has 0 unspecified atom stereocenters. The summed E-state index contributed by atoms with van der Waals surface area (Å²) in [5.74, 6) is 0.130. The van der Waals surface area contributed by atoms with E-state index in [1.165, 1.54) is 0 Å². The smallest absolute Gasteiger partial charge is 0.223 e. The van der Waals surface area contributed by atoms with E-state index in [-0.39, 0.29) is 16.5 Å². The zero-order valence-electron chi connectivity index (χ0n) is 9.87. The SMILES string of the molecule is CC(=O)N1CCc2cc(C(=O)[C@H](C)Br)ccc21. The van der Waals surface area contributed by atoms with Crippen LogP contribution in [0, 0.1) is 0 Å². The second kappa shape index (κ2) is 4.61. The van der Waals surface area contributed by atoms with Crippen molar-refractivity contribution >= 4 is 33.3 Å². The van der Waals surface area contributed by atoms with E-state index in [2.05, 4.69) is 15.9 Å². The average Bonchev–Trinajstić information content (AvgIpc) is 2.70. The molecule has 1 amide bonds. The molecule has 0 spiro atoms. The lowest BCUT2D eigenvalue weighted by atomic mass is 10.0. The number of carbonyl (C=O) groups is 2. The lowest BCUT2D eigenvalue weighted by molar-refractivity contribution is -0.116. The molecular formula is C13H14BrNO2. The second-order valence-electron chi connectivity index (χ2n) is 4.24. The molecule has 0 fully saturated rings. The third-order valence-electron chi connectivity index (χ3n) is 3.00. The molecule has 4 heteroatoms. The number of Topliss-reactive ketones (excluding diaryl/α,β-unsaturated/α-hetero) is 1. The zero-order chi connectivity index (χ0) is 12.6. The molecule has 0 aromatic heterocycles. The Bertz CT molecular complexity index is 482. The van der Waals surface area contributed by atoms with Crippen LogP contribution in [0.5, 0.6) is 0 Å². The highest BCUT2D eigenvalue weighted by atomic mass is 79.9. The summed E-state index contributed by atoms with van der Waals surface area (Å²) >= 11 is 3.28. The Hall–Kier alpha value is -1.16. The number of rotatable bonds is 2. The molecule has 3 nitrogen and oxygen atoms in total. The van der Waals surface area contributed by atoms with Gasteiger partial charge in [-0.15, -0.1) is 0 Å².